The Morgan fingerprint density at radius 3 is 2.61 bits per heavy atom. The van der Waals surface area contributed by atoms with Crippen LogP contribution in [0, 0.1) is 5.41 Å². The van der Waals surface area contributed by atoms with Crippen LogP contribution in [0.4, 0.5) is 0 Å². The molecule has 2 fully saturated rings. The SMILES string of the molecule is NCc1ccc(CN2CCC3(CCCCC3)C2)o1. The van der Waals surface area contributed by atoms with E-state index in [0.29, 0.717) is 12.0 Å². The van der Waals surface area contributed by atoms with Crippen LogP contribution in [0.2, 0.25) is 0 Å². The molecule has 2 aliphatic rings. The molecule has 2 heterocycles. The van der Waals surface area contributed by atoms with E-state index in [-0.39, 0.29) is 0 Å². The number of rotatable bonds is 3. The minimum absolute atomic E-state index is 0.504. The van der Waals surface area contributed by atoms with E-state index in [0.717, 1.165) is 18.1 Å². The van der Waals surface area contributed by atoms with Gasteiger partial charge in [0.1, 0.15) is 11.5 Å². The Morgan fingerprint density at radius 2 is 1.89 bits per heavy atom. The molecule has 3 rings (SSSR count). The van der Waals surface area contributed by atoms with Gasteiger partial charge in [-0.3, -0.25) is 4.90 Å². The molecule has 1 aliphatic heterocycles. The molecular formula is C15H24N2O. The third kappa shape index (κ3) is 2.47. The summed E-state index contributed by atoms with van der Waals surface area (Å²) < 4.78 is 5.70. The molecule has 0 radical (unpaired) electrons. The van der Waals surface area contributed by atoms with Gasteiger partial charge in [0.15, 0.2) is 0 Å². The number of hydrogen-bond acceptors (Lipinski definition) is 3. The number of nitrogens with zero attached hydrogens (tertiary/aromatic N) is 1. The molecule has 3 heteroatoms. The normalized spacial score (nSPS) is 23.8. The Kier molecular flexibility index (Phi) is 3.44. The van der Waals surface area contributed by atoms with Gasteiger partial charge in [-0.25, -0.2) is 0 Å². The number of likely N-dealkylation sites (tertiary alicyclic amines) is 1. The zero-order valence-electron chi connectivity index (χ0n) is 11.2. The van der Waals surface area contributed by atoms with Gasteiger partial charge in [0.25, 0.3) is 0 Å². The smallest absolute Gasteiger partial charge is 0.118 e. The van der Waals surface area contributed by atoms with Crippen LogP contribution in [-0.2, 0) is 13.1 Å². The van der Waals surface area contributed by atoms with Gasteiger partial charge in [0.2, 0.25) is 0 Å². The highest BCUT2D eigenvalue weighted by Crippen LogP contribution is 2.43. The Morgan fingerprint density at radius 1 is 1.11 bits per heavy atom. The van der Waals surface area contributed by atoms with Crippen LogP contribution in [0.3, 0.4) is 0 Å². The second-order valence-corrected chi connectivity index (χ2v) is 6.09. The molecule has 0 bridgehead atoms. The van der Waals surface area contributed by atoms with Crippen molar-refractivity contribution in [1.29, 1.82) is 0 Å². The minimum atomic E-state index is 0.504. The fourth-order valence-corrected chi connectivity index (χ4v) is 3.71. The summed E-state index contributed by atoms with van der Waals surface area (Å²) in [6.45, 7) is 3.97. The second kappa shape index (κ2) is 5.06. The molecule has 0 amide bonds. The molecule has 18 heavy (non-hydrogen) atoms. The zero-order chi connectivity index (χ0) is 12.4. The molecule has 1 aromatic heterocycles. The molecule has 1 saturated carbocycles. The lowest BCUT2D eigenvalue weighted by Crippen LogP contribution is -2.28. The first-order chi connectivity index (χ1) is 8.80. The first-order valence-electron chi connectivity index (χ1n) is 7.30. The van der Waals surface area contributed by atoms with Crippen molar-refractivity contribution in [3.8, 4) is 0 Å². The number of nitrogens with two attached hydrogens (primary N) is 1. The average Bonchev–Trinajstić information content (AvgIpc) is 2.99. The van der Waals surface area contributed by atoms with Crippen LogP contribution in [0.25, 0.3) is 0 Å². The summed E-state index contributed by atoms with van der Waals surface area (Å²) in [5.41, 5.74) is 6.22. The van der Waals surface area contributed by atoms with E-state index in [1.165, 1.54) is 51.6 Å². The maximum Gasteiger partial charge on any atom is 0.118 e. The van der Waals surface area contributed by atoms with Crippen molar-refractivity contribution in [3.63, 3.8) is 0 Å². The van der Waals surface area contributed by atoms with Crippen molar-refractivity contribution in [2.45, 2.75) is 51.6 Å². The van der Waals surface area contributed by atoms with Crippen LogP contribution in [-0.4, -0.2) is 18.0 Å². The fourth-order valence-electron chi connectivity index (χ4n) is 3.71. The van der Waals surface area contributed by atoms with E-state index in [1.54, 1.807) is 0 Å². The third-order valence-corrected chi connectivity index (χ3v) is 4.73. The molecule has 0 atom stereocenters. The van der Waals surface area contributed by atoms with Crippen molar-refractivity contribution < 1.29 is 4.42 Å². The van der Waals surface area contributed by atoms with E-state index in [2.05, 4.69) is 11.0 Å². The van der Waals surface area contributed by atoms with Crippen LogP contribution in [0.15, 0.2) is 16.5 Å². The van der Waals surface area contributed by atoms with E-state index in [9.17, 15) is 0 Å². The van der Waals surface area contributed by atoms with Crippen LogP contribution in [0.5, 0.6) is 0 Å². The topological polar surface area (TPSA) is 42.4 Å². The molecule has 0 aromatic carbocycles. The maximum absolute atomic E-state index is 5.70. The van der Waals surface area contributed by atoms with E-state index in [1.807, 2.05) is 6.07 Å². The van der Waals surface area contributed by atoms with Gasteiger partial charge < -0.3 is 10.2 Å². The number of furan rings is 1. The van der Waals surface area contributed by atoms with Gasteiger partial charge >= 0.3 is 0 Å². The summed E-state index contributed by atoms with van der Waals surface area (Å²) in [7, 11) is 0. The maximum atomic E-state index is 5.70. The van der Waals surface area contributed by atoms with E-state index < -0.39 is 0 Å². The second-order valence-electron chi connectivity index (χ2n) is 6.09. The van der Waals surface area contributed by atoms with Gasteiger partial charge in [-0.1, -0.05) is 19.3 Å². The molecule has 1 aliphatic carbocycles. The van der Waals surface area contributed by atoms with Crippen molar-refractivity contribution in [1.82, 2.24) is 4.90 Å². The largest absolute Gasteiger partial charge is 0.463 e. The first-order valence-corrected chi connectivity index (χ1v) is 7.30. The van der Waals surface area contributed by atoms with Gasteiger partial charge in [-0.15, -0.1) is 0 Å². The third-order valence-electron chi connectivity index (χ3n) is 4.73. The Balaban J connectivity index is 1.58. The molecule has 0 unspecified atom stereocenters. The summed E-state index contributed by atoms with van der Waals surface area (Å²) in [4.78, 5) is 2.56. The van der Waals surface area contributed by atoms with Crippen LogP contribution in [0.1, 0.15) is 50.0 Å². The predicted molar refractivity (Wildman–Crippen MR) is 72.0 cm³/mol. The summed E-state index contributed by atoms with van der Waals surface area (Å²) in [5.74, 6) is 1.97. The zero-order valence-corrected chi connectivity index (χ0v) is 11.2. The van der Waals surface area contributed by atoms with Gasteiger partial charge in [-0.05, 0) is 43.4 Å². The molecule has 1 spiro atoms. The van der Waals surface area contributed by atoms with Crippen molar-refractivity contribution in [2.24, 2.45) is 11.1 Å². The lowest BCUT2D eigenvalue weighted by molar-refractivity contribution is 0.179. The molecule has 3 nitrogen and oxygen atoms in total. The summed E-state index contributed by atoms with van der Waals surface area (Å²) >= 11 is 0. The lowest BCUT2D eigenvalue weighted by Gasteiger charge is -2.33. The molecule has 1 aromatic rings. The van der Waals surface area contributed by atoms with Gasteiger partial charge in [0, 0.05) is 6.54 Å². The molecular weight excluding hydrogens is 224 g/mol. The van der Waals surface area contributed by atoms with Gasteiger partial charge in [0.05, 0.1) is 13.1 Å². The minimum Gasteiger partial charge on any atom is -0.463 e. The average molecular weight is 248 g/mol. The quantitative estimate of drug-likeness (QED) is 0.894. The standard InChI is InChI=1S/C15H24N2O/c16-10-13-4-5-14(18-13)11-17-9-8-15(12-17)6-2-1-3-7-15/h4-5H,1-3,6-12,16H2. The number of hydrogen-bond donors (Lipinski definition) is 1. The predicted octanol–water partition coefficient (Wildman–Crippen LogP) is 2.89. The Labute approximate surface area is 109 Å². The molecule has 2 N–H and O–H groups in total. The monoisotopic (exact) mass is 248 g/mol. The summed E-state index contributed by atoms with van der Waals surface area (Å²) in [6, 6.07) is 4.08. The highest BCUT2D eigenvalue weighted by atomic mass is 16.3. The Bertz CT molecular complexity index is 393. The first kappa shape index (κ1) is 12.2. The molecule has 100 valence electrons. The summed E-state index contributed by atoms with van der Waals surface area (Å²) in [6.07, 6.45) is 8.58. The Hall–Kier alpha value is -0.800. The highest BCUT2D eigenvalue weighted by molar-refractivity contribution is 5.07. The lowest BCUT2D eigenvalue weighted by atomic mass is 9.73. The van der Waals surface area contributed by atoms with Gasteiger partial charge in [-0.2, -0.15) is 0 Å². The van der Waals surface area contributed by atoms with Crippen molar-refractivity contribution >= 4 is 0 Å². The van der Waals surface area contributed by atoms with Crippen molar-refractivity contribution in [3.05, 3.63) is 23.7 Å². The fraction of sp³-hybridized carbons (Fsp3) is 0.733. The van der Waals surface area contributed by atoms with E-state index >= 15 is 0 Å². The van der Waals surface area contributed by atoms with Crippen molar-refractivity contribution in [2.75, 3.05) is 13.1 Å². The van der Waals surface area contributed by atoms with E-state index in [4.69, 9.17) is 10.2 Å². The summed E-state index contributed by atoms with van der Waals surface area (Å²) in [5, 5.41) is 0. The molecule has 1 saturated heterocycles. The highest BCUT2D eigenvalue weighted by Gasteiger charge is 2.38. The van der Waals surface area contributed by atoms with Crippen LogP contribution < -0.4 is 5.73 Å². The van der Waals surface area contributed by atoms with Crippen LogP contribution >= 0.6 is 0 Å².